The number of rotatable bonds is 4. The Kier molecular flexibility index (Phi) is 4.43. The molecule has 2 rings (SSSR count). The molecule has 1 aliphatic rings. The maximum Gasteiger partial charge on any atom is 0.396 e. The van der Waals surface area contributed by atoms with E-state index in [0.29, 0.717) is 11.9 Å². The number of nitrogens with zero attached hydrogens (tertiary/aromatic N) is 4. The molecule has 0 atom stereocenters. The summed E-state index contributed by atoms with van der Waals surface area (Å²) in [6.07, 6.45) is 4.42. The van der Waals surface area contributed by atoms with Crippen LogP contribution in [0.4, 0.5) is 0 Å². The lowest BCUT2D eigenvalue weighted by Crippen LogP contribution is -2.33. The van der Waals surface area contributed by atoms with Crippen molar-refractivity contribution in [3.63, 3.8) is 0 Å². The fraction of sp³-hybridized carbons (Fsp3) is 0.727. The topological polar surface area (TPSA) is 99.0 Å². The second-order valence-corrected chi connectivity index (χ2v) is 4.38. The van der Waals surface area contributed by atoms with Gasteiger partial charge < -0.3 is 10.1 Å². The Hall–Kier alpha value is -1.99. The molecule has 1 heterocycles. The molecule has 0 saturated heterocycles. The summed E-state index contributed by atoms with van der Waals surface area (Å²) in [6.45, 7) is 1.94. The van der Waals surface area contributed by atoms with Crippen molar-refractivity contribution in [1.29, 1.82) is 0 Å². The van der Waals surface area contributed by atoms with Crippen LogP contribution in [0, 0.1) is 0 Å². The van der Waals surface area contributed by atoms with Gasteiger partial charge in [0, 0.05) is 0 Å². The molecule has 1 N–H and O–H groups in total. The second kappa shape index (κ2) is 6.26. The molecule has 8 heteroatoms. The molecule has 19 heavy (non-hydrogen) atoms. The third-order valence-corrected chi connectivity index (χ3v) is 3.10. The van der Waals surface area contributed by atoms with E-state index in [-0.39, 0.29) is 13.2 Å². The van der Waals surface area contributed by atoms with E-state index in [4.69, 9.17) is 0 Å². The molecular weight excluding hydrogens is 250 g/mol. The summed E-state index contributed by atoms with van der Waals surface area (Å²) in [4.78, 5) is 22.5. The molecule has 8 nitrogen and oxygen atoms in total. The minimum atomic E-state index is -0.887. The summed E-state index contributed by atoms with van der Waals surface area (Å²) in [7, 11) is 0. The molecule has 104 valence electrons. The Labute approximate surface area is 110 Å². The van der Waals surface area contributed by atoms with Gasteiger partial charge in [-0.1, -0.05) is 12.8 Å². The maximum absolute atomic E-state index is 11.4. The van der Waals surface area contributed by atoms with E-state index >= 15 is 0 Å². The van der Waals surface area contributed by atoms with Crippen LogP contribution >= 0.6 is 0 Å². The number of ether oxygens (including phenoxy) is 1. The van der Waals surface area contributed by atoms with Gasteiger partial charge in [0.05, 0.1) is 19.2 Å². The molecule has 0 aromatic carbocycles. The van der Waals surface area contributed by atoms with E-state index in [1.54, 1.807) is 11.6 Å². The number of aromatic nitrogens is 4. The first-order valence-corrected chi connectivity index (χ1v) is 6.44. The predicted octanol–water partition coefficient (Wildman–Crippen LogP) is -0.0325. The predicted molar refractivity (Wildman–Crippen MR) is 63.8 cm³/mol. The van der Waals surface area contributed by atoms with Crippen molar-refractivity contribution in [2.24, 2.45) is 0 Å². The van der Waals surface area contributed by atoms with Crippen LogP contribution < -0.4 is 5.32 Å². The molecule has 1 aromatic rings. The van der Waals surface area contributed by atoms with Gasteiger partial charge in [-0.2, -0.15) is 0 Å². The molecule has 0 aliphatic heterocycles. The van der Waals surface area contributed by atoms with Crippen LogP contribution in [0.15, 0.2) is 0 Å². The van der Waals surface area contributed by atoms with Crippen LogP contribution in [0.1, 0.15) is 44.5 Å². The fourth-order valence-electron chi connectivity index (χ4n) is 2.19. The van der Waals surface area contributed by atoms with Gasteiger partial charge in [0.15, 0.2) is 5.82 Å². The average Bonchev–Trinajstić information content (AvgIpc) is 3.06. The Bertz CT molecular complexity index is 453. The molecule has 1 aliphatic carbocycles. The van der Waals surface area contributed by atoms with Crippen molar-refractivity contribution in [2.45, 2.75) is 45.2 Å². The lowest BCUT2D eigenvalue weighted by molar-refractivity contribution is -0.154. The first-order chi connectivity index (χ1) is 9.22. The number of esters is 1. The first kappa shape index (κ1) is 13.4. The van der Waals surface area contributed by atoms with Crippen molar-refractivity contribution in [3.05, 3.63) is 5.82 Å². The van der Waals surface area contributed by atoms with Crippen molar-refractivity contribution in [2.75, 3.05) is 6.61 Å². The zero-order chi connectivity index (χ0) is 13.7. The molecule has 1 saturated carbocycles. The van der Waals surface area contributed by atoms with Crippen LogP contribution in [0.2, 0.25) is 0 Å². The lowest BCUT2D eigenvalue weighted by atomic mass is 10.2. The number of nitrogens with one attached hydrogen (secondary N) is 1. The van der Waals surface area contributed by atoms with Crippen molar-refractivity contribution in [3.8, 4) is 0 Å². The van der Waals surface area contributed by atoms with Gasteiger partial charge in [-0.25, -0.2) is 9.48 Å². The average molecular weight is 267 g/mol. The largest absolute Gasteiger partial charge is 0.459 e. The summed E-state index contributed by atoms with van der Waals surface area (Å²) in [5.74, 6) is -1.10. The van der Waals surface area contributed by atoms with Gasteiger partial charge in [-0.15, -0.1) is 5.10 Å². The van der Waals surface area contributed by atoms with Crippen molar-refractivity contribution >= 4 is 11.9 Å². The Morgan fingerprint density at radius 3 is 2.84 bits per heavy atom. The van der Waals surface area contributed by atoms with E-state index < -0.39 is 11.9 Å². The lowest BCUT2D eigenvalue weighted by Gasteiger charge is -2.11. The minimum absolute atomic E-state index is 0.126. The van der Waals surface area contributed by atoms with Gasteiger partial charge in [-0.3, -0.25) is 4.79 Å². The van der Waals surface area contributed by atoms with Gasteiger partial charge in [-0.05, 0) is 30.2 Å². The van der Waals surface area contributed by atoms with Gasteiger partial charge in [0.2, 0.25) is 0 Å². The first-order valence-electron chi connectivity index (χ1n) is 6.44. The quantitative estimate of drug-likeness (QED) is 0.607. The molecule has 0 unspecified atom stereocenters. The summed E-state index contributed by atoms with van der Waals surface area (Å²) in [5.41, 5.74) is 0. The SMILES string of the molecule is CCOC(=O)C(=O)NCc1nnnn1C1CCCC1. The zero-order valence-electron chi connectivity index (χ0n) is 10.8. The molecule has 0 bridgehead atoms. The number of amides is 1. The zero-order valence-corrected chi connectivity index (χ0v) is 10.8. The van der Waals surface area contributed by atoms with Crippen molar-refractivity contribution in [1.82, 2.24) is 25.5 Å². The number of hydrogen-bond donors (Lipinski definition) is 1. The van der Waals surface area contributed by atoms with E-state index in [1.165, 1.54) is 12.8 Å². The summed E-state index contributed by atoms with van der Waals surface area (Å²) >= 11 is 0. The monoisotopic (exact) mass is 267 g/mol. The molecule has 1 fully saturated rings. The van der Waals surface area contributed by atoms with Crippen LogP contribution in [-0.2, 0) is 20.9 Å². The van der Waals surface area contributed by atoms with E-state index in [9.17, 15) is 9.59 Å². The number of carbonyl (C=O) groups is 2. The number of tetrazole rings is 1. The minimum Gasteiger partial charge on any atom is -0.459 e. The highest BCUT2D eigenvalue weighted by atomic mass is 16.5. The number of hydrogen-bond acceptors (Lipinski definition) is 6. The fourth-order valence-corrected chi connectivity index (χ4v) is 2.19. The normalized spacial score (nSPS) is 15.4. The third-order valence-electron chi connectivity index (χ3n) is 3.10. The smallest absolute Gasteiger partial charge is 0.396 e. The van der Waals surface area contributed by atoms with Crippen molar-refractivity contribution < 1.29 is 14.3 Å². The highest BCUT2D eigenvalue weighted by Crippen LogP contribution is 2.28. The highest BCUT2D eigenvalue weighted by Gasteiger charge is 2.22. The molecule has 1 amide bonds. The number of carbonyl (C=O) groups excluding carboxylic acids is 2. The van der Waals surface area contributed by atoms with Gasteiger partial charge in [0.25, 0.3) is 0 Å². The maximum atomic E-state index is 11.4. The molecule has 1 aromatic heterocycles. The standard InChI is InChI=1S/C11H17N5O3/c1-2-19-11(18)10(17)12-7-9-13-14-15-16(9)8-5-3-4-6-8/h8H,2-7H2,1H3,(H,12,17). The van der Waals surface area contributed by atoms with Crippen LogP contribution in [0.25, 0.3) is 0 Å². The summed E-state index contributed by atoms with van der Waals surface area (Å²) < 4.78 is 6.33. The molecule has 0 radical (unpaired) electrons. The van der Waals surface area contributed by atoms with Crippen LogP contribution in [-0.4, -0.2) is 38.7 Å². The van der Waals surface area contributed by atoms with Crippen LogP contribution in [0.5, 0.6) is 0 Å². The highest BCUT2D eigenvalue weighted by molar-refractivity contribution is 6.32. The summed E-state index contributed by atoms with van der Waals surface area (Å²) in [6, 6.07) is 0.296. The Morgan fingerprint density at radius 2 is 2.16 bits per heavy atom. The van der Waals surface area contributed by atoms with Crippen LogP contribution in [0.3, 0.4) is 0 Å². The Morgan fingerprint density at radius 1 is 1.42 bits per heavy atom. The third kappa shape index (κ3) is 3.27. The van der Waals surface area contributed by atoms with Gasteiger partial charge in [0.1, 0.15) is 0 Å². The summed E-state index contributed by atoms with van der Waals surface area (Å²) in [5, 5.41) is 13.9. The van der Waals surface area contributed by atoms with Gasteiger partial charge >= 0.3 is 11.9 Å². The molecular formula is C11H17N5O3. The Balaban J connectivity index is 1.91. The molecule has 0 spiro atoms. The van der Waals surface area contributed by atoms with E-state index in [2.05, 4.69) is 25.6 Å². The van der Waals surface area contributed by atoms with E-state index in [1.807, 2.05) is 0 Å². The van der Waals surface area contributed by atoms with E-state index in [0.717, 1.165) is 12.8 Å². The second-order valence-electron chi connectivity index (χ2n) is 4.38.